The Morgan fingerprint density at radius 2 is 1.95 bits per heavy atom. The highest BCUT2D eigenvalue weighted by atomic mass is 16.5. The highest BCUT2D eigenvalue weighted by Crippen LogP contribution is 2.27. The zero-order valence-corrected chi connectivity index (χ0v) is 13.7. The smallest absolute Gasteiger partial charge is 0.310 e. The van der Waals surface area contributed by atoms with Crippen molar-refractivity contribution in [2.45, 2.75) is 40.5 Å². The molecule has 2 rings (SSSR count). The van der Waals surface area contributed by atoms with E-state index in [4.69, 9.17) is 4.74 Å². The van der Waals surface area contributed by atoms with Crippen molar-refractivity contribution in [3.05, 3.63) is 39.4 Å². The van der Waals surface area contributed by atoms with Gasteiger partial charge in [-0.15, -0.1) is 0 Å². The molecule has 0 bridgehead atoms. The molecule has 0 aliphatic carbocycles. The number of allylic oxidation sites excluding steroid dienone is 1. The quantitative estimate of drug-likeness (QED) is 0.840. The second kappa shape index (κ2) is 6.22. The number of hydrogen-bond donors (Lipinski definition) is 2. The van der Waals surface area contributed by atoms with Crippen molar-refractivity contribution < 1.29 is 14.3 Å². The second-order valence-corrected chi connectivity index (χ2v) is 5.49. The van der Waals surface area contributed by atoms with Gasteiger partial charge in [0.1, 0.15) is 0 Å². The zero-order chi connectivity index (χ0) is 16.4. The van der Waals surface area contributed by atoms with Crippen LogP contribution < -0.4 is 5.32 Å². The van der Waals surface area contributed by atoms with E-state index in [-0.39, 0.29) is 18.3 Å². The lowest BCUT2D eigenvalue weighted by molar-refractivity contribution is -0.139. The maximum Gasteiger partial charge on any atom is 0.310 e. The van der Waals surface area contributed by atoms with Gasteiger partial charge in [0, 0.05) is 22.7 Å². The van der Waals surface area contributed by atoms with E-state index >= 15 is 0 Å². The minimum Gasteiger partial charge on any atom is -0.469 e. The molecule has 1 aromatic heterocycles. The Labute approximate surface area is 130 Å². The average molecular weight is 302 g/mol. The topological polar surface area (TPSA) is 71.2 Å². The lowest BCUT2D eigenvalue weighted by Crippen LogP contribution is -2.15. The number of nitrogens with one attached hydrogen (secondary N) is 2. The Kier molecular flexibility index (Phi) is 4.54. The fourth-order valence-electron chi connectivity index (χ4n) is 2.79. The van der Waals surface area contributed by atoms with E-state index in [1.165, 1.54) is 7.11 Å². The molecule has 0 aromatic carbocycles. The average Bonchev–Trinajstić information content (AvgIpc) is 2.90. The number of H-pyrrole nitrogens is 1. The van der Waals surface area contributed by atoms with Crippen molar-refractivity contribution in [2.75, 3.05) is 7.11 Å². The summed E-state index contributed by atoms with van der Waals surface area (Å²) in [4.78, 5) is 26.6. The van der Waals surface area contributed by atoms with Crippen LogP contribution in [0.15, 0.2) is 16.8 Å². The Hall–Kier alpha value is -2.30. The van der Waals surface area contributed by atoms with Gasteiger partial charge in [0.15, 0.2) is 0 Å². The number of aromatic amines is 1. The van der Waals surface area contributed by atoms with Crippen LogP contribution in [0.3, 0.4) is 0 Å². The van der Waals surface area contributed by atoms with Gasteiger partial charge in [-0.3, -0.25) is 9.59 Å². The van der Waals surface area contributed by atoms with Crippen LogP contribution in [0.4, 0.5) is 0 Å². The standard InChI is InChI=1S/C17H22N2O3/c1-6-12-10(3)17(21)19-15(12)8-14-9(2)13(11(4)18-14)7-16(20)22-5/h8,18H,6-7H2,1-5H3,(H,19,21)/b15-8-. The molecule has 1 aromatic rings. The first-order chi connectivity index (χ1) is 10.4. The normalized spacial score (nSPS) is 16.4. The number of aryl methyl sites for hydroxylation is 1. The summed E-state index contributed by atoms with van der Waals surface area (Å²) in [5.74, 6) is -0.303. The summed E-state index contributed by atoms with van der Waals surface area (Å²) in [6.45, 7) is 7.77. The largest absolute Gasteiger partial charge is 0.469 e. The third-order valence-corrected chi connectivity index (χ3v) is 4.19. The third-order valence-electron chi connectivity index (χ3n) is 4.19. The van der Waals surface area contributed by atoms with Crippen molar-refractivity contribution in [2.24, 2.45) is 0 Å². The Bertz CT molecular complexity index is 693. The molecule has 5 nitrogen and oxygen atoms in total. The fourth-order valence-corrected chi connectivity index (χ4v) is 2.79. The first kappa shape index (κ1) is 16.1. The summed E-state index contributed by atoms with van der Waals surface area (Å²) in [6.07, 6.45) is 2.98. The molecule has 22 heavy (non-hydrogen) atoms. The van der Waals surface area contributed by atoms with E-state index in [1.807, 2.05) is 33.8 Å². The molecule has 5 heteroatoms. The molecule has 2 N–H and O–H groups in total. The summed E-state index contributed by atoms with van der Waals surface area (Å²) in [6, 6.07) is 0. The Morgan fingerprint density at radius 3 is 2.55 bits per heavy atom. The van der Waals surface area contributed by atoms with Gasteiger partial charge in [-0.05, 0) is 50.0 Å². The Balaban J connectivity index is 2.39. The van der Waals surface area contributed by atoms with Gasteiger partial charge in [0.2, 0.25) is 0 Å². The van der Waals surface area contributed by atoms with Gasteiger partial charge >= 0.3 is 5.97 Å². The maximum absolute atomic E-state index is 11.8. The molecule has 0 radical (unpaired) electrons. The van der Waals surface area contributed by atoms with Crippen LogP contribution in [0.5, 0.6) is 0 Å². The van der Waals surface area contributed by atoms with E-state index in [1.54, 1.807) is 0 Å². The molecular formula is C17H22N2O3. The summed E-state index contributed by atoms with van der Waals surface area (Å²) in [5.41, 5.74) is 6.44. The molecule has 2 heterocycles. The molecule has 0 fully saturated rings. The van der Waals surface area contributed by atoms with Gasteiger partial charge in [-0.25, -0.2) is 0 Å². The molecule has 0 saturated carbocycles. The fraction of sp³-hybridized carbons (Fsp3) is 0.412. The number of aromatic nitrogens is 1. The first-order valence-corrected chi connectivity index (χ1v) is 7.37. The number of methoxy groups -OCH3 is 1. The van der Waals surface area contributed by atoms with Crippen LogP contribution >= 0.6 is 0 Å². The predicted octanol–water partition coefficient (Wildman–Crippen LogP) is 2.54. The Morgan fingerprint density at radius 1 is 1.27 bits per heavy atom. The predicted molar refractivity (Wildman–Crippen MR) is 85.1 cm³/mol. The van der Waals surface area contributed by atoms with Gasteiger partial charge in [0.05, 0.1) is 13.5 Å². The van der Waals surface area contributed by atoms with Crippen molar-refractivity contribution in [1.82, 2.24) is 10.3 Å². The van der Waals surface area contributed by atoms with Crippen molar-refractivity contribution in [3.63, 3.8) is 0 Å². The van der Waals surface area contributed by atoms with Crippen LogP contribution in [0, 0.1) is 13.8 Å². The van der Waals surface area contributed by atoms with E-state index in [9.17, 15) is 9.59 Å². The van der Waals surface area contributed by atoms with Crippen molar-refractivity contribution in [3.8, 4) is 0 Å². The van der Waals surface area contributed by atoms with Crippen LogP contribution in [-0.2, 0) is 20.7 Å². The molecular weight excluding hydrogens is 280 g/mol. The molecule has 118 valence electrons. The number of carbonyl (C=O) groups is 2. The van der Waals surface area contributed by atoms with Crippen molar-refractivity contribution in [1.29, 1.82) is 0 Å². The summed E-state index contributed by atoms with van der Waals surface area (Å²) in [7, 11) is 1.39. The highest BCUT2D eigenvalue weighted by Gasteiger charge is 2.23. The minimum atomic E-state index is -0.261. The van der Waals surface area contributed by atoms with E-state index in [2.05, 4.69) is 10.3 Å². The first-order valence-electron chi connectivity index (χ1n) is 7.37. The van der Waals surface area contributed by atoms with E-state index in [0.29, 0.717) is 0 Å². The maximum atomic E-state index is 11.8. The lowest BCUT2D eigenvalue weighted by atomic mass is 10.0. The van der Waals surface area contributed by atoms with Crippen LogP contribution in [0.2, 0.25) is 0 Å². The lowest BCUT2D eigenvalue weighted by Gasteiger charge is -2.04. The molecule has 1 aliphatic rings. The number of ether oxygens (including phenoxy) is 1. The number of hydrogen-bond acceptors (Lipinski definition) is 3. The summed E-state index contributed by atoms with van der Waals surface area (Å²) >= 11 is 0. The van der Waals surface area contributed by atoms with Crippen LogP contribution in [-0.4, -0.2) is 24.0 Å². The monoisotopic (exact) mass is 302 g/mol. The molecule has 0 spiro atoms. The molecule has 0 saturated heterocycles. The van der Waals surface area contributed by atoms with Crippen molar-refractivity contribution >= 4 is 18.0 Å². The van der Waals surface area contributed by atoms with Gasteiger partial charge in [-0.2, -0.15) is 0 Å². The summed E-state index contributed by atoms with van der Waals surface area (Å²) < 4.78 is 4.74. The third kappa shape index (κ3) is 2.84. The summed E-state index contributed by atoms with van der Waals surface area (Å²) in [5, 5.41) is 2.90. The van der Waals surface area contributed by atoms with Gasteiger partial charge in [0.25, 0.3) is 5.91 Å². The van der Waals surface area contributed by atoms with Crippen LogP contribution in [0.1, 0.15) is 42.8 Å². The van der Waals surface area contributed by atoms with Gasteiger partial charge < -0.3 is 15.0 Å². The number of esters is 1. The minimum absolute atomic E-state index is 0.0428. The van der Waals surface area contributed by atoms with Crippen LogP contribution in [0.25, 0.3) is 6.08 Å². The molecule has 1 amide bonds. The highest BCUT2D eigenvalue weighted by molar-refractivity contribution is 6.00. The van der Waals surface area contributed by atoms with E-state index in [0.717, 1.165) is 45.8 Å². The zero-order valence-electron chi connectivity index (χ0n) is 13.7. The second-order valence-electron chi connectivity index (χ2n) is 5.49. The van der Waals surface area contributed by atoms with E-state index < -0.39 is 0 Å². The number of rotatable bonds is 4. The molecule has 0 atom stereocenters. The number of amides is 1. The molecule has 1 aliphatic heterocycles. The SMILES string of the molecule is CCC1=C(C)C(=O)N/C1=C\c1[nH]c(C)c(CC(=O)OC)c1C. The van der Waals surface area contributed by atoms with Gasteiger partial charge in [-0.1, -0.05) is 6.92 Å². The number of carbonyl (C=O) groups excluding carboxylic acids is 2. The molecule has 0 unspecified atom stereocenters.